The highest BCUT2D eigenvalue weighted by atomic mass is 79.9. The molecule has 0 spiro atoms. The van der Waals surface area contributed by atoms with Gasteiger partial charge in [0, 0.05) is 25.1 Å². The molecule has 27 heavy (non-hydrogen) atoms. The summed E-state index contributed by atoms with van der Waals surface area (Å²) in [6.45, 7) is 2.65. The van der Waals surface area contributed by atoms with Crippen molar-refractivity contribution >= 4 is 27.7 Å². The first-order valence-corrected chi connectivity index (χ1v) is 9.45. The van der Waals surface area contributed by atoms with Gasteiger partial charge in [-0.1, -0.05) is 18.2 Å². The molecule has 0 saturated heterocycles. The van der Waals surface area contributed by atoms with Crippen LogP contribution in [0.4, 0.5) is 4.39 Å². The topological polar surface area (TPSA) is 67.4 Å². The van der Waals surface area contributed by atoms with Crippen molar-refractivity contribution in [2.24, 2.45) is 0 Å². The van der Waals surface area contributed by atoms with Gasteiger partial charge in [0.1, 0.15) is 11.6 Å². The van der Waals surface area contributed by atoms with E-state index in [2.05, 4.69) is 26.6 Å². The van der Waals surface area contributed by atoms with Crippen molar-refractivity contribution in [3.05, 3.63) is 63.9 Å². The Hall–Kier alpha value is -2.41. The van der Waals surface area contributed by atoms with Crippen molar-refractivity contribution in [1.29, 1.82) is 0 Å². The second-order valence-electron chi connectivity index (χ2n) is 5.95. The molecule has 0 aliphatic carbocycles. The van der Waals surface area contributed by atoms with E-state index in [0.717, 1.165) is 10.2 Å². The number of hydrogen-bond donors (Lipinski definition) is 2. The number of para-hydroxylation sites is 1. The maximum Gasteiger partial charge on any atom is 0.251 e. The lowest BCUT2D eigenvalue weighted by atomic mass is 10.1. The van der Waals surface area contributed by atoms with Gasteiger partial charge in [0.2, 0.25) is 5.91 Å². The van der Waals surface area contributed by atoms with Crippen LogP contribution in [-0.2, 0) is 4.79 Å². The van der Waals surface area contributed by atoms with E-state index in [1.54, 1.807) is 19.1 Å². The lowest BCUT2D eigenvalue weighted by Gasteiger charge is -2.09. The number of aryl methyl sites for hydroxylation is 1. The zero-order valence-electron chi connectivity index (χ0n) is 15.1. The van der Waals surface area contributed by atoms with Crippen molar-refractivity contribution in [3.8, 4) is 5.75 Å². The molecule has 0 heterocycles. The van der Waals surface area contributed by atoms with E-state index in [9.17, 15) is 14.0 Å². The van der Waals surface area contributed by atoms with Crippen LogP contribution in [0, 0.1) is 12.7 Å². The number of rotatable bonds is 9. The Morgan fingerprint density at radius 3 is 2.59 bits per heavy atom. The number of benzene rings is 2. The number of carbonyl (C=O) groups is 2. The third-order valence-electron chi connectivity index (χ3n) is 3.81. The first-order valence-electron chi connectivity index (χ1n) is 8.66. The largest absolute Gasteiger partial charge is 0.492 e. The zero-order chi connectivity index (χ0) is 19.6. The molecule has 0 aliphatic heterocycles. The lowest BCUT2D eigenvalue weighted by Crippen LogP contribution is -2.34. The predicted molar refractivity (Wildman–Crippen MR) is 105 cm³/mol. The summed E-state index contributed by atoms with van der Waals surface area (Å²) in [6, 6.07) is 11.9. The molecule has 0 aromatic heterocycles. The summed E-state index contributed by atoms with van der Waals surface area (Å²) in [6.07, 6.45) is 0.920. The summed E-state index contributed by atoms with van der Waals surface area (Å²) in [7, 11) is 0. The molecular weight excluding hydrogens is 415 g/mol. The van der Waals surface area contributed by atoms with E-state index < -0.39 is 5.82 Å². The van der Waals surface area contributed by atoms with Gasteiger partial charge in [-0.05, 0) is 59.1 Å². The number of nitrogens with one attached hydrogen (secondary N) is 2. The smallest absolute Gasteiger partial charge is 0.251 e. The highest BCUT2D eigenvalue weighted by molar-refractivity contribution is 9.10. The van der Waals surface area contributed by atoms with Crippen LogP contribution in [0.2, 0.25) is 0 Å². The van der Waals surface area contributed by atoms with Gasteiger partial charge < -0.3 is 15.4 Å². The molecular formula is C20H22BrFN2O3. The quantitative estimate of drug-likeness (QED) is 0.590. The Labute approximate surface area is 166 Å². The lowest BCUT2D eigenvalue weighted by molar-refractivity contribution is -0.121. The van der Waals surface area contributed by atoms with E-state index in [-0.39, 0.29) is 23.9 Å². The summed E-state index contributed by atoms with van der Waals surface area (Å²) in [5, 5.41) is 5.37. The van der Waals surface area contributed by atoms with Gasteiger partial charge in [-0.15, -0.1) is 0 Å². The molecule has 2 N–H and O–H groups in total. The fourth-order valence-corrected chi connectivity index (χ4v) is 2.68. The van der Waals surface area contributed by atoms with Crippen molar-refractivity contribution < 1.29 is 18.7 Å². The Morgan fingerprint density at radius 1 is 1.11 bits per heavy atom. The molecule has 0 radical (unpaired) electrons. The third-order valence-corrected chi connectivity index (χ3v) is 4.46. The molecule has 2 aromatic carbocycles. The van der Waals surface area contributed by atoms with Gasteiger partial charge in [0.25, 0.3) is 5.91 Å². The minimum absolute atomic E-state index is 0.110. The van der Waals surface area contributed by atoms with E-state index in [0.29, 0.717) is 31.6 Å². The number of halogens is 2. The van der Waals surface area contributed by atoms with Crippen LogP contribution < -0.4 is 15.4 Å². The van der Waals surface area contributed by atoms with Gasteiger partial charge in [0.15, 0.2) is 0 Å². The molecule has 7 heteroatoms. The maximum atomic E-state index is 13.5. The van der Waals surface area contributed by atoms with Crippen LogP contribution in [0.15, 0.2) is 46.9 Å². The Balaban J connectivity index is 1.58. The SMILES string of the molecule is Cc1ccc(C(=O)NCCNC(=O)CCCOc2ccccc2Br)cc1F. The van der Waals surface area contributed by atoms with E-state index in [1.807, 2.05) is 24.3 Å². The van der Waals surface area contributed by atoms with Crippen molar-refractivity contribution in [1.82, 2.24) is 10.6 Å². The Kier molecular flexibility index (Phi) is 8.26. The molecule has 0 unspecified atom stereocenters. The molecule has 0 saturated carbocycles. The van der Waals surface area contributed by atoms with Crippen molar-refractivity contribution in [3.63, 3.8) is 0 Å². The van der Waals surface area contributed by atoms with E-state index >= 15 is 0 Å². The Bertz CT molecular complexity index is 799. The summed E-state index contributed by atoms with van der Waals surface area (Å²) in [5.74, 6) is -0.153. The number of ether oxygens (including phenoxy) is 1. The standard InChI is InChI=1S/C20H22BrFN2O3/c1-14-8-9-15(13-17(14)22)20(26)24-11-10-23-19(25)7-4-12-27-18-6-3-2-5-16(18)21/h2-3,5-6,8-9,13H,4,7,10-12H2,1H3,(H,23,25)(H,24,26). The van der Waals surface area contributed by atoms with Crippen LogP contribution in [0.5, 0.6) is 5.75 Å². The van der Waals surface area contributed by atoms with Crippen molar-refractivity contribution in [2.45, 2.75) is 19.8 Å². The monoisotopic (exact) mass is 436 g/mol. The summed E-state index contributed by atoms with van der Waals surface area (Å²) in [5.41, 5.74) is 0.746. The molecule has 5 nitrogen and oxygen atoms in total. The maximum absolute atomic E-state index is 13.5. The number of amides is 2. The van der Waals surface area contributed by atoms with Crippen LogP contribution in [0.25, 0.3) is 0 Å². The molecule has 2 rings (SSSR count). The molecule has 0 bridgehead atoms. The molecule has 0 atom stereocenters. The molecule has 144 valence electrons. The summed E-state index contributed by atoms with van der Waals surface area (Å²) in [4.78, 5) is 23.7. The fraction of sp³-hybridized carbons (Fsp3) is 0.300. The van der Waals surface area contributed by atoms with E-state index in [1.165, 1.54) is 6.07 Å². The summed E-state index contributed by atoms with van der Waals surface area (Å²) >= 11 is 3.40. The summed E-state index contributed by atoms with van der Waals surface area (Å²) < 4.78 is 19.9. The van der Waals surface area contributed by atoms with Gasteiger partial charge in [0.05, 0.1) is 11.1 Å². The molecule has 2 aromatic rings. The zero-order valence-corrected chi connectivity index (χ0v) is 16.6. The van der Waals surface area contributed by atoms with Crippen LogP contribution >= 0.6 is 15.9 Å². The first kappa shape index (κ1) is 20.9. The first-order chi connectivity index (χ1) is 13.0. The average molecular weight is 437 g/mol. The fourth-order valence-electron chi connectivity index (χ4n) is 2.28. The number of hydrogen-bond acceptors (Lipinski definition) is 3. The van der Waals surface area contributed by atoms with Gasteiger partial charge in [-0.25, -0.2) is 4.39 Å². The van der Waals surface area contributed by atoms with Crippen molar-refractivity contribution in [2.75, 3.05) is 19.7 Å². The molecule has 2 amide bonds. The molecule has 0 aliphatic rings. The highest BCUT2D eigenvalue weighted by Crippen LogP contribution is 2.23. The third kappa shape index (κ3) is 7.02. The normalized spacial score (nSPS) is 10.3. The van der Waals surface area contributed by atoms with E-state index in [4.69, 9.17) is 4.74 Å². The van der Waals surface area contributed by atoms with Gasteiger partial charge in [-0.3, -0.25) is 9.59 Å². The minimum Gasteiger partial charge on any atom is -0.492 e. The number of carbonyl (C=O) groups excluding carboxylic acids is 2. The predicted octanol–water partition coefficient (Wildman–Crippen LogP) is 3.60. The highest BCUT2D eigenvalue weighted by Gasteiger charge is 2.08. The van der Waals surface area contributed by atoms with Crippen LogP contribution in [0.3, 0.4) is 0 Å². The average Bonchev–Trinajstić information content (AvgIpc) is 2.65. The van der Waals surface area contributed by atoms with Crippen LogP contribution in [-0.4, -0.2) is 31.5 Å². The van der Waals surface area contributed by atoms with Gasteiger partial charge >= 0.3 is 0 Å². The van der Waals surface area contributed by atoms with Crippen LogP contribution in [0.1, 0.15) is 28.8 Å². The minimum atomic E-state index is -0.416. The second kappa shape index (κ2) is 10.7. The molecule has 0 fully saturated rings. The van der Waals surface area contributed by atoms with Gasteiger partial charge in [-0.2, -0.15) is 0 Å². The Morgan fingerprint density at radius 2 is 1.85 bits per heavy atom. The second-order valence-corrected chi connectivity index (χ2v) is 6.81.